The minimum Gasteiger partial charge on any atom is -0.465 e. The zero-order valence-electron chi connectivity index (χ0n) is 13.7. The highest BCUT2D eigenvalue weighted by Crippen LogP contribution is 2.26. The maximum absolute atomic E-state index is 12.6. The molecule has 1 amide bonds. The van der Waals surface area contributed by atoms with Gasteiger partial charge in [-0.1, -0.05) is 12.1 Å². The van der Waals surface area contributed by atoms with Crippen LogP contribution in [0.15, 0.2) is 47.1 Å². The number of rotatable bonds is 3. The van der Waals surface area contributed by atoms with Crippen molar-refractivity contribution in [3.63, 3.8) is 0 Å². The van der Waals surface area contributed by atoms with Crippen molar-refractivity contribution in [1.82, 2.24) is 9.88 Å². The summed E-state index contributed by atoms with van der Waals surface area (Å²) >= 11 is 0. The van der Waals surface area contributed by atoms with E-state index in [0.29, 0.717) is 35.6 Å². The first-order chi connectivity index (χ1) is 12.2. The van der Waals surface area contributed by atoms with E-state index < -0.39 is 5.97 Å². The summed E-state index contributed by atoms with van der Waals surface area (Å²) < 4.78 is 10.6. The number of methoxy groups -OCH3 is 1. The van der Waals surface area contributed by atoms with E-state index in [4.69, 9.17) is 9.15 Å². The lowest BCUT2D eigenvalue weighted by Gasteiger charge is -2.27. The molecule has 3 heterocycles. The van der Waals surface area contributed by atoms with Crippen molar-refractivity contribution in [3.8, 4) is 0 Å². The summed E-state index contributed by atoms with van der Waals surface area (Å²) in [6, 6.07) is 9.05. The van der Waals surface area contributed by atoms with Crippen molar-refractivity contribution in [1.29, 1.82) is 0 Å². The first kappa shape index (κ1) is 15.4. The summed E-state index contributed by atoms with van der Waals surface area (Å²) in [7, 11) is 1.34. The van der Waals surface area contributed by atoms with Crippen LogP contribution in [0.25, 0.3) is 11.0 Å². The second kappa shape index (κ2) is 6.05. The zero-order valence-corrected chi connectivity index (χ0v) is 13.7. The van der Waals surface area contributed by atoms with Crippen LogP contribution in [0, 0.1) is 0 Å². The fraction of sp³-hybridized carbons (Fsp3) is 0.211. The summed E-state index contributed by atoms with van der Waals surface area (Å²) in [4.78, 5) is 30.3. The van der Waals surface area contributed by atoms with E-state index in [1.807, 2.05) is 18.2 Å². The molecule has 0 spiro atoms. The molecular formula is C19H16N2O4. The highest BCUT2D eigenvalue weighted by atomic mass is 16.5. The number of hydrogen-bond donors (Lipinski definition) is 0. The van der Waals surface area contributed by atoms with E-state index in [0.717, 1.165) is 17.4 Å². The molecule has 1 aliphatic heterocycles. The maximum Gasteiger partial charge on any atom is 0.341 e. The molecule has 0 radical (unpaired) electrons. The normalized spacial score (nSPS) is 13.8. The van der Waals surface area contributed by atoms with Crippen LogP contribution in [0.4, 0.5) is 0 Å². The van der Waals surface area contributed by atoms with Gasteiger partial charge >= 0.3 is 5.97 Å². The van der Waals surface area contributed by atoms with Crippen molar-refractivity contribution < 1.29 is 18.7 Å². The average Bonchev–Trinajstić information content (AvgIpc) is 3.06. The number of pyridine rings is 1. The van der Waals surface area contributed by atoms with Gasteiger partial charge in [-0.3, -0.25) is 9.78 Å². The predicted molar refractivity (Wildman–Crippen MR) is 90.2 cm³/mol. The Kier molecular flexibility index (Phi) is 3.72. The number of para-hydroxylation sites is 1. The molecule has 4 rings (SSSR count). The van der Waals surface area contributed by atoms with Gasteiger partial charge in [0, 0.05) is 24.3 Å². The van der Waals surface area contributed by atoms with Crippen molar-refractivity contribution in [3.05, 3.63) is 65.2 Å². The molecule has 6 nitrogen and oxygen atoms in total. The minimum absolute atomic E-state index is 0.0528. The van der Waals surface area contributed by atoms with Crippen molar-refractivity contribution in [2.45, 2.75) is 13.0 Å². The summed E-state index contributed by atoms with van der Waals surface area (Å²) in [6.45, 7) is 0.971. The van der Waals surface area contributed by atoms with Gasteiger partial charge in [0.05, 0.1) is 19.2 Å². The number of fused-ring (bicyclic) bond motifs is 2. The topological polar surface area (TPSA) is 72.6 Å². The third kappa shape index (κ3) is 2.65. The number of furan rings is 1. The fourth-order valence-corrected chi connectivity index (χ4v) is 3.17. The number of esters is 1. The molecule has 0 bridgehead atoms. The summed E-state index contributed by atoms with van der Waals surface area (Å²) in [5, 5.41) is 0.810. The van der Waals surface area contributed by atoms with Crippen molar-refractivity contribution in [2.24, 2.45) is 0 Å². The SMILES string of the molecule is COC(=O)c1cccc2cc(CN3CCc4ccncc4C3=O)oc12. The second-order valence-corrected chi connectivity index (χ2v) is 5.94. The van der Waals surface area contributed by atoms with E-state index in [9.17, 15) is 9.59 Å². The number of nitrogens with zero attached hydrogens (tertiary/aromatic N) is 2. The van der Waals surface area contributed by atoms with Crippen LogP contribution in [0.3, 0.4) is 0 Å². The van der Waals surface area contributed by atoms with Gasteiger partial charge in [-0.15, -0.1) is 0 Å². The van der Waals surface area contributed by atoms with Gasteiger partial charge in [0.15, 0.2) is 0 Å². The molecule has 6 heteroatoms. The molecule has 0 unspecified atom stereocenters. The third-order valence-electron chi connectivity index (χ3n) is 4.43. The average molecular weight is 336 g/mol. The quantitative estimate of drug-likeness (QED) is 0.688. The smallest absolute Gasteiger partial charge is 0.341 e. The first-order valence-electron chi connectivity index (χ1n) is 7.99. The standard InChI is InChI=1S/C19H16N2O4/c1-24-19(23)15-4-2-3-13-9-14(25-17(13)15)11-21-8-6-12-5-7-20-10-16(12)18(21)22/h2-5,7,9-10H,6,8,11H2,1H3. The third-order valence-corrected chi connectivity index (χ3v) is 4.43. The molecule has 0 aliphatic carbocycles. The number of carbonyl (C=O) groups is 2. The maximum atomic E-state index is 12.6. The molecule has 0 fully saturated rings. The van der Waals surface area contributed by atoms with Gasteiger partial charge in [0.1, 0.15) is 16.9 Å². The predicted octanol–water partition coefficient (Wildman–Crippen LogP) is 2.81. The van der Waals surface area contributed by atoms with Gasteiger partial charge in [0.25, 0.3) is 5.91 Å². The molecule has 1 aliphatic rings. The lowest BCUT2D eigenvalue weighted by Crippen LogP contribution is -2.37. The Hall–Kier alpha value is -3.15. The van der Waals surface area contributed by atoms with Crippen LogP contribution in [-0.4, -0.2) is 35.4 Å². The van der Waals surface area contributed by atoms with Crippen LogP contribution < -0.4 is 0 Å². The molecule has 3 aromatic rings. The van der Waals surface area contributed by atoms with Gasteiger partial charge < -0.3 is 14.1 Å². The Balaban J connectivity index is 1.64. The lowest BCUT2D eigenvalue weighted by molar-refractivity contribution is 0.0600. The monoisotopic (exact) mass is 336 g/mol. The van der Waals surface area contributed by atoms with Crippen LogP contribution in [0.1, 0.15) is 32.0 Å². The molecule has 0 atom stereocenters. The molecule has 0 saturated carbocycles. The Labute approximate surface area is 144 Å². The van der Waals surface area contributed by atoms with E-state index >= 15 is 0 Å². The fourth-order valence-electron chi connectivity index (χ4n) is 3.17. The van der Waals surface area contributed by atoms with E-state index in [2.05, 4.69) is 4.98 Å². The first-order valence-corrected chi connectivity index (χ1v) is 7.99. The molecule has 0 saturated heterocycles. The highest BCUT2D eigenvalue weighted by Gasteiger charge is 2.25. The van der Waals surface area contributed by atoms with Gasteiger partial charge in [-0.25, -0.2) is 4.79 Å². The van der Waals surface area contributed by atoms with E-state index in [1.54, 1.807) is 29.4 Å². The van der Waals surface area contributed by atoms with Crippen molar-refractivity contribution >= 4 is 22.8 Å². The molecule has 1 aromatic carbocycles. The van der Waals surface area contributed by atoms with Crippen molar-refractivity contribution in [2.75, 3.05) is 13.7 Å². The van der Waals surface area contributed by atoms with Crippen LogP contribution in [-0.2, 0) is 17.7 Å². The number of amides is 1. The Morgan fingerprint density at radius 2 is 2.24 bits per heavy atom. The Morgan fingerprint density at radius 3 is 3.08 bits per heavy atom. The van der Waals surface area contributed by atoms with Crippen LogP contribution in [0.2, 0.25) is 0 Å². The molecule has 2 aromatic heterocycles. The van der Waals surface area contributed by atoms with Gasteiger partial charge in [-0.05, 0) is 30.2 Å². The summed E-state index contributed by atoms with van der Waals surface area (Å²) in [5.74, 6) is 0.135. The Bertz CT molecular complexity index is 976. The van der Waals surface area contributed by atoms with E-state index in [1.165, 1.54) is 7.11 Å². The minimum atomic E-state index is -0.444. The Morgan fingerprint density at radius 1 is 1.36 bits per heavy atom. The molecule has 25 heavy (non-hydrogen) atoms. The molecule has 126 valence electrons. The second-order valence-electron chi connectivity index (χ2n) is 5.94. The number of carbonyl (C=O) groups excluding carboxylic acids is 2. The molecular weight excluding hydrogens is 320 g/mol. The largest absolute Gasteiger partial charge is 0.465 e. The van der Waals surface area contributed by atoms with Gasteiger partial charge in [-0.2, -0.15) is 0 Å². The lowest BCUT2D eigenvalue weighted by atomic mass is 10.0. The van der Waals surface area contributed by atoms with Crippen LogP contribution in [0.5, 0.6) is 0 Å². The number of benzene rings is 1. The number of hydrogen-bond acceptors (Lipinski definition) is 5. The summed E-state index contributed by atoms with van der Waals surface area (Å²) in [6.07, 6.45) is 4.10. The van der Waals surface area contributed by atoms with Crippen LogP contribution >= 0.6 is 0 Å². The van der Waals surface area contributed by atoms with E-state index in [-0.39, 0.29) is 5.91 Å². The summed E-state index contributed by atoms with van der Waals surface area (Å²) in [5.41, 5.74) is 2.52. The highest BCUT2D eigenvalue weighted by molar-refractivity contribution is 6.02. The zero-order chi connectivity index (χ0) is 17.4. The number of aromatic nitrogens is 1. The molecule has 0 N–H and O–H groups in total. The number of ether oxygens (including phenoxy) is 1. The van der Waals surface area contributed by atoms with Gasteiger partial charge in [0.2, 0.25) is 0 Å².